The van der Waals surface area contributed by atoms with Crippen molar-refractivity contribution in [1.82, 2.24) is 24.6 Å². The molecule has 1 amide bonds. The average molecular weight is 412 g/mol. The summed E-state index contributed by atoms with van der Waals surface area (Å²) in [5.41, 5.74) is 3.61. The van der Waals surface area contributed by atoms with E-state index in [1.165, 1.54) is 19.3 Å². The summed E-state index contributed by atoms with van der Waals surface area (Å²) >= 11 is 6.00. The van der Waals surface area contributed by atoms with Crippen LogP contribution >= 0.6 is 11.6 Å². The van der Waals surface area contributed by atoms with Gasteiger partial charge in [0.25, 0.3) is 5.91 Å². The number of halogens is 1. The van der Waals surface area contributed by atoms with Crippen molar-refractivity contribution in [2.24, 2.45) is 0 Å². The lowest BCUT2D eigenvalue weighted by molar-refractivity contribution is 0.0953. The van der Waals surface area contributed by atoms with E-state index in [1.807, 2.05) is 44.2 Å². The molecular formula is C22H26ClN5O. The second kappa shape index (κ2) is 8.41. The molecule has 7 heteroatoms. The third-order valence-electron chi connectivity index (χ3n) is 5.58. The molecule has 4 rings (SSSR count). The Balaban J connectivity index is 1.44. The first kappa shape index (κ1) is 19.7. The van der Waals surface area contributed by atoms with Crippen LogP contribution in [-0.2, 0) is 19.4 Å². The predicted molar refractivity (Wildman–Crippen MR) is 114 cm³/mol. The van der Waals surface area contributed by atoms with Crippen molar-refractivity contribution in [3.63, 3.8) is 0 Å². The van der Waals surface area contributed by atoms with Crippen molar-refractivity contribution in [3.8, 4) is 5.69 Å². The van der Waals surface area contributed by atoms with Crippen LogP contribution in [0.5, 0.6) is 0 Å². The third kappa shape index (κ3) is 4.08. The van der Waals surface area contributed by atoms with E-state index in [9.17, 15) is 4.79 Å². The van der Waals surface area contributed by atoms with Gasteiger partial charge in [-0.1, -0.05) is 18.0 Å². The van der Waals surface area contributed by atoms with Gasteiger partial charge in [-0.3, -0.25) is 4.79 Å². The van der Waals surface area contributed by atoms with E-state index in [-0.39, 0.29) is 5.91 Å². The first-order chi connectivity index (χ1) is 14.0. The number of carbonyl (C=O) groups excluding carboxylic acids is 1. The van der Waals surface area contributed by atoms with Gasteiger partial charge in [-0.2, -0.15) is 0 Å². The van der Waals surface area contributed by atoms with E-state index in [0.717, 1.165) is 41.7 Å². The van der Waals surface area contributed by atoms with Crippen LogP contribution in [-0.4, -0.2) is 31.8 Å². The maximum Gasteiger partial charge on any atom is 0.253 e. The lowest BCUT2D eigenvalue weighted by atomic mass is 10.2. The van der Waals surface area contributed by atoms with Crippen molar-refractivity contribution in [3.05, 3.63) is 64.0 Å². The molecule has 6 nitrogen and oxygen atoms in total. The maximum absolute atomic E-state index is 12.8. The van der Waals surface area contributed by atoms with Crippen LogP contribution in [0.1, 0.15) is 52.7 Å². The first-order valence-electron chi connectivity index (χ1n) is 10.2. The number of nitrogens with one attached hydrogen (secondary N) is 1. The Kier molecular flexibility index (Phi) is 5.72. The molecule has 3 heterocycles. The second-order valence-electron chi connectivity index (χ2n) is 7.60. The fourth-order valence-electron chi connectivity index (χ4n) is 4.09. The summed E-state index contributed by atoms with van der Waals surface area (Å²) in [6, 6.07) is 9.57. The summed E-state index contributed by atoms with van der Waals surface area (Å²) < 4.78 is 4.30. The topological polar surface area (TPSA) is 64.7 Å². The van der Waals surface area contributed by atoms with Gasteiger partial charge in [-0.25, -0.2) is 0 Å². The summed E-state index contributed by atoms with van der Waals surface area (Å²) in [6.07, 6.45) is 5.27. The highest BCUT2D eigenvalue weighted by Gasteiger charge is 2.18. The Morgan fingerprint density at radius 3 is 2.72 bits per heavy atom. The number of hydrogen-bond donors (Lipinski definition) is 1. The van der Waals surface area contributed by atoms with Crippen molar-refractivity contribution in [2.45, 2.75) is 52.5 Å². The fourth-order valence-corrected chi connectivity index (χ4v) is 4.22. The Morgan fingerprint density at radius 2 is 1.93 bits per heavy atom. The van der Waals surface area contributed by atoms with E-state index >= 15 is 0 Å². The van der Waals surface area contributed by atoms with E-state index in [4.69, 9.17) is 11.6 Å². The lowest BCUT2D eigenvalue weighted by Crippen LogP contribution is -2.27. The zero-order valence-electron chi connectivity index (χ0n) is 16.9. The number of carbonyl (C=O) groups is 1. The molecule has 1 aromatic carbocycles. The van der Waals surface area contributed by atoms with Crippen LogP contribution < -0.4 is 5.32 Å². The Hall–Kier alpha value is -2.60. The number of nitrogens with zero attached hydrogens (tertiary/aromatic N) is 4. The van der Waals surface area contributed by atoms with Gasteiger partial charge in [-0.15, -0.1) is 10.2 Å². The van der Waals surface area contributed by atoms with Gasteiger partial charge in [0.1, 0.15) is 11.6 Å². The van der Waals surface area contributed by atoms with Gasteiger partial charge in [0.05, 0.1) is 5.56 Å². The number of aryl methyl sites for hydroxylation is 2. The number of benzene rings is 1. The molecule has 152 valence electrons. The minimum atomic E-state index is -0.0612. The number of amides is 1. The van der Waals surface area contributed by atoms with Crippen LogP contribution in [0.15, 0.2) is 30.3 Å². The van der Waals surface area contributed by atoms with Crippen molar-refractivity contribution >= 4 is 17.5 Å². The van der Waals surface area contributed by atoms with E-state index in [2.05, 4.69) is 24.6 Å². The SMILES string of the molecule is Cc1cc(C(=O)NCCc2nnc3n2CCCCC3)c(C)n1-c1ccc(Cl)cc1. The van der Waals surface area contributed by atoms with Gasteiger partial charge in [0, 0.05) is 48.0 Å². The highest BCUT2D eigenvalue weighted by molar-refractivity contribution is 6.30. The summed E-state index contributed by atoms with van der Waals surface area (Å²) in [6.45, 7) is 5.49. The Morgan fingerprint density at radius 1 is 1.14 bits per heavy atom. The van der Waals surface area contributed by atoms with E-state index < -0.39 is 0 Å². The number of fused-ring (bicyclic) bond motifs is 1. The van der Waals surface area contributed by atoms with Crippen molar-refractivity contribution in [1.29, 1.82) is 0 Å². The summed E-state index contributed by atoms with van der Waals surface area (Å²) in [7, 11) is 0. The molecule has 0 fully saturated rings. The molecule has 0 bridgehead atoms. The summed E-state index contributed by atoms with van der Waals surface area (Å²) in [4.78, 5) is 12.8. The molecule has 0 atom stereocenters. The van der Waals surface area contributed by atoms with Crippen molar-refractivity contribution in [2.75, 3.05) is 6.54 Å². The van der Waals surface area contributed by atoms with Crippen LogP contribution in [0.3, 0.4) is 0 Å². The van der Waals surface area contributed by atoms with Crippen LogP contribution in [0.4, 0.5) is 0 Å². The number of hydrogen-bond acceptors (Lipinski definition) is 3. The van der Waals surface area contributed by atoms with Crippen LogP contribution in [0.25, 0.3) is 5.69 Å². The van der Waals surface area contributed by atoms with E-state index in [1.54, 1.807) is 0 Å². The highest BCUT2D eigenvalue weighted by atomic mass is 35.5. The summed E-state index contributed by atoms with van der Waals surface area (Å²) in [5, 5.41) is 12.4. The summed E-state index contributed by atoms with van der Waals surface area (Å²) in [5.74, 6) is 1.98. The average Bonchev–Trinajstić information content (AvgIpc) is 3.12. The highest BCUT2D eigenvalue weighted by Crippen LogP contribution is 2.22. The number of rotatable bonds is 5. The molecule has 1 aliphatic rings. The van der Waals surface area contributed by atoms with Gasteiger partial charge in [-0.05, 0) is 57.0 Å². The molecular weight excluding hydrogens is 386 g/mol. The molecule has 1 N–H and O–H groups in total. The maximum atomic E-state index is 12.8. The molecule has 0 spiro atoms. The predicted octanol–water partition coefficient (Wildman–Crippen LogP) is 4.04. The van der Waals surface area contributed by atoms with E-state index in [0.29, 0.717) is 23.6 Å². The zero-order chi connectivity index (χ0) is 20.4. The molecule has 3 aromatic rings. The molecule has 0 radical (unpaired) electrons. The molecule has 29 heavy (non-hydrogen) atoms. The monoisotopic (exact) mass is 411 g/mol. The van der Waals surface area contributed by atoms with Crippen LogP contribution in [0.2, 0.25) is 5.02 Å². The van der Waals surface area contributed by atoms with Gasteiger partial charge < -0.3 is 14.5 Å². The molecule has 1 aliphatic heterocycles. The normalized spacial score (nSPS) is 13.8. The molecule has 0 saturated heterocycles. The lowest BCUT2D eigenvalue weighted by Gasteiger charge is -2.10. The molecule has 2 aromatic heterocycles. The number of aromatic nitrogens is 4. The Bertz CT molecular complexity index is 1020. The third-order valence-corrected chi connectivity index (χ3v) is 5.83. The minimum absolute atomic E-state index is 0.0612. The fraction of sp³-hybridized carbons (Fsp3) is 0.409. The Labute approximate surface area is 175 Å². The van der Waals surface area contributed by atoms with Crippen LogP contribution in [0, 0.1) is 13.8 Å². The smallest absolute Gasteiger partial charge is 0.253 e. The zero-order valence-corrected chi connectivity index (χ0v) is 17.7. The van der Waals surface area contributed by atoms with Crippen molar-refractivity contribution < 1.29 is 4.79 Å². The van der Waals surface area contributed by atoms with Gasteiger partial charge >= 0.3 is 0 Å². The first-order valence-corrected chi connectivity index (χ1v) is 10.6. The quantitative estimate of drug-likeness (QED) is 0.689. The standard InChI is InChI=1S/C22H26ClN5O/c1-15-14-19(16(2)28(15)18-9-7-17(23)8-10-18)22(29)24-12-11-21-26-25-20-6-4-3-5-13-27(20)21/h7-10,14H,3-6,11-13H2,1-2H3,(H,24,29). The van der Waals surface area contributed by atoms with Gasteiger partial charge in [0.2, 0.25) is 0 Å². The molecule has 0 saturated carbocycles. The minimum Gasteiger partial charge on any atom is -0.352 e. The van der Waals surface area contributed by atoms with Gasteiger partial charge in [0.15, 0.2) is 0 Å². The molecule has 0 aliphatic carbocycles. The molecule has 0 unspecified atom stereocenters. The largest absolute Gasteiger partial charge is 0.352 e. The second-order valence-corrected chi connectivity index (χ2v) is 8.03.